The summed E-state index contributed by atoms with van der Waals surface area (Å²) in [5.74, 6) is 1.45. The monoisotopic (exact) mass is 570 g/mol. The molecule has 0 heterocycles. The second-order valence-electron chi connectivity index (χ2n) is 7.43. The lowest BCUT2D eigenvalue weighted by molar-refractivity contribution is 0.413. The van der Waals surface area contributed by atoms with E-state index >= 15 is 0 Å². The highest BCUT2D eigenvalue weighted by Gasteiger charge is 2.26. The van der Waals surface area contributed by atoms with E-state index in [9.17, 15) is 12.6 Å². The first-order valence-electron chi connectivity index (χ1n) is 10.2. The van der Waals surface area contributed by atoms with Crippen LogP contribution in [0.25, 0.3) is 0 Å². The van der Waals surface area contributed by atoms with Crippen LogP contribution in [0.1, 0.15) is 45.1 Å². The minimum Gasteiger partial charge on any atom is -0.357 e. The Hall–Kier alpha value is -0.720. The summed E-state index contributed by atoms with van der Waals surface area (Å²) < 4.78 is 37.7. The summed E-state index contributed by atoms with van der Waals surface area (Å²) in [7, 11) is -1.13. The van der Waals surface area contributed by atoms with Gasteiger partial charge in [0.05, 0.1) is 11.4 Å². The van der Waals surface area contributed by atoms with Crippen LogP contribution in [0, 0.1) is 0 Å². The van der Waals surface area contributed by atoms with Crippen molar-refractivity contribution >= 4 is 50.8 Å². The summed E-state index contributed by atoms with van der Waals surface area (Å²) in [5.41, 5.74) is 0.938. The molecular weight excluding hydrogens is 535 g/mol. The molecule has 1 aromatic rings. The van der Waals surface area contributed by atoms with Crippen LogP contribution in [0.4, 0.5) is 0 Å². The van der Waals surface area contributed by atoms with Gasteiger partial charge in [-0.1, -0.05) is 25.5 Å². The maximum Gasteiger partial charge on any atom is 0.242 e. The van der Waals surface area contributed by atoms with Gasteiger partial charge in [0.2, 0.25) is 10.0 Å². The van der Waals surface area contributed by atoms with Gasteiger partial charge in [0.15, 0.2) is 5.96 Å². The van der Waals surface area contributed by atoms with Crippen LogP contribution in [0.15, 0.2) is 34.2 Å². The van der Waals surface area contributed by atoms with Crippen molar-refractivity contribution in [2.24, 2.45) is 4.99 Å². The number of sulfonamides is 1. The fourth-order valence-electron chi connectivity index (χ4n) is 3.41. The molecule has 30 heavy (non-hydrogen) atoms. The molecule has 0 saturated heterocycles. The zero-order chi connectivity index (χ0) is 21.4. The lowest BCUT2D eigenvalue weighted by atomic mass is 9.95. The second-order valence-corrected chi connectivity index (χ2v) is 11.6. The second kappa shape index (κ2) is 13.0. The Morgan fingerprint density at radius 2 is 1.87 bits per heavy atom. The molecule has 2 rings (SSSR count). The van der Waals surface area contributed by atoms with Crippen LogP contribution in [0.5, 0.6) is 0 Å². The summed E-state index contributed by atoms with van der Waals surface area (Å²) in [6, 6.07) is 7.10. The highest BCUT2D eigenvalue weighted by molar-refractivity contribution is 14.0. The minimum atomic E-state index is -3.42. The van der Waals surface area contributed by atoms with Gasteiger partial charge in [0.1, 0.15) is 0 Å². The number of hydrogen-bond acceptors (Lipinski definition) is 4. The van der Waals surface area contributed by atoms with Gasteiger partial charge in [0, 0.05) is 48.5 Å². The molecule has 1 saturated carbocycles. The van der Waals surface area contributed by atoms with Crippen molar-refractivity contribution in [3.05, 3.63) is 29.8 Å². The largest absolute Gasteiger partial charge is 0.357 e. The Morgan fingerprint density at radius 3 is 2.43 bits per heavy atom. The zero-order valence-electron chi connectivity index (χ0n) is 18.3. The van der Waals surface area contributed by atoms with E-state index in [1.807, 2.05) is 13.8 Å². The molecule has 1 fully saturated rings. The van der Waals surface area contributed by atoms with E-state index in [1.165, 1.54) is 18.4 Å². The summed E-state index contributed by atoms with van der Waals surface area (Å²) in [5, 5.41) is 7.02. The molecule has 7 nitrogen and oxygen atoms in total. The first-order valence-corrected chi connectivity index (χ1v) is 13.0. The predicted molar refractivity (Wildman–Crippen MR) is 135 cm³/mol. The van der Waals surface area contributed by atoms with Gasteiger partial charge >= 0.3 is 0 Å². The molecule has 3 unspecified atom stereocenters. The van der Waals surface area contributed by atoms with Gasteiger partial charge < -0.3 is 10.6 Å². The van der Waals surface area contributed by atoms with Crippen LogP contribution in [-0.4, -0.2) is 60.6 Å². The van der Waals surface area contributed by atoms with E-state index < -0.39 is 20.8 Å². The lowest BCUT2D eigenvalue weighted by Gasteiger charge is -2.30. The SMILES string of the molecule is CCNC(=NCc1ccc(S(=O)(=O)N(C)C)cc1)NC1CCCC(S(=O)CC)C1.I. The third kappa shape index (κ3) is 7.76. The third-order valence-electron chi connectivity index (χ3n) is 5.09. The molecule has 0 spiro atoms. The molecule has 0 radical (unpaired) electrons. The summed E-state index contributed by atoms with van der Waals surface area (Å²) in [6.45, 7) is 5.21. The minimum absolute atomic E-state index is 0. The Balaban J connectivity index is 0.00000450. The van der Waals surface area contributed by atoms with Crippen LogP contribution >= 0.6 is 24.0 Å². The Labute approximate surface area is 201 Å². The molecule has 1 aromatic carbocycles. The molecular formula is C20H35IN4O3S2. The van der Waals surface area contributed by atoms with Gasteiger partial charge in [-0.15, -0.1) is 24.0 Å². The molecule has 0 aliphatic heterocycles. The normalized spacial score (nSPS) is 21.0. The number of halogens is 1. The third-order valence-corrected chi connectivity index (χ3v) is 8.66. The average molecular weight is 571 g/mol. The Kier molecular flexibility index (Phi) is 11.8. The van der Waals surface area contributed by atoms with Crippen molar-refractivity contribution in [1.82, 2.24) is 14.9 Å². The van der Waals surface area contributed by atoms with Crippen molar-refractivity contribution in [3.63, 3.8) is 0 Å². The predicted octanol–water partition coefficient (Wildman–Crippen LogP) is 2.69. The maximum absolute atomic E-state index is 12.2. The van der Waals surface area contributed by atoms with Gasteiger partial charge in [-0.05, 0) is 43.9 Å². The number of nitrogens with zero attached hydrogens (tertiary/aromatic N) is 2. The molecule has 172 valence electrons. The van der Waals surface area contributed by atoms with Crippen molar-refractivity contribution in [2.75, 3.05) is 26.4 Å². The van der Waals surface area contributed by atoms with Crippen molar-refractivity contribution < 1.29 is 12.6 Å². The highest BCUT2D eigenvalue weighted by Crippen LogP contribution is 2.23. The van der Waals surface area contributed by atoms with Crippen molar-refractivity contribution in [3.8, 4) is 0 Å². The number of nitrogens with one attached hydrogen (secondary N) is 2. The van der Waals surface area contributed by atoms with E-state index in [0.717, 1.165) is 43.8 Å². The van der Waals surface area contributed by atoms with Crippen LogP contribution in [0.2, 0.25) is 0 Å². The molecule has 0 amide bonds. The lowest BCUT2D eigenvalue weighted by Crippen LogP contribution is -2.46. The molecule has 0 aromatic heterocycles. The summed E-state index contributed by atoms with van der Waals surface area (Å²) in [6.07, 6.45) is 4.07. The highest BCUT2D eigenvalue weighted by atomic mass is 127. The molecule has 10 heteroatoms. The zero-order valence-corrected chi connectivity index (χ0v) is 22.2. The van der Waals surface area contributed by atoms with Gasteiger partial charge in [0.25, 0.3) is 0 Å². The van der Waals surface area contributed by atoms with E-state index in [1.54, 1.807) is 24.3 Å². The van der Waals surface area contributed by atoms with Gasteiger partial charge in [-0.25, -0.2) is 17.7 Å². The molecule has 2 N–H and O–H groups in total. The van der Waals surface area contributed by atoms with Gasteiger partial charge in [-0.2, -0.15) is 0 Å². The fraction of sp³-hybridized carbons (Fsp3) is 0.650. The fourth-order valence-corrected chi connectivity index (χ4v) is 5.66. The van der Waals surface area contributed by atoms with Gasteiger partial charge in [-0.3, -0.25) is 4.21 Å². The molecule has 3 atom stereocenters. The van der Waals surface area contributed by atoms with Crippen LogP contribution in [0.3, 0.4) is 0 Å². The topological polar surface area (TPSA) is 90.9 Å². The number of benzene rings is 1. The first kappa shape index (κ1) is 27.3. The number of guanidine groups is 1. The molecule has 1 aliphatic carbocycles. The van der Waals surface area contributed by atoms with E-state index in [4.69, 9.17) is 0 Å². The maximum atomic E-state index is 12.2. The Morgan fingerprint density at radius 1 is 1.20 bits per heavy atom. The quantitative estimate of drug-likeness (QED) is 0.285. The van der Waals surface area contributed by atoms with Crippen LogP contribution < -0.4 is 10.6 Å². The standard InChI is InChI=1S/C20H34N4O3S2.HI/c1-5-21-20(23-17-8-7-9-18(14-17)28(25)6-2)22-15-16-10-12-19(13-11-16)29(26,27)24(3)4;/h10-13,17-18H,5-9,14-15H2,1-4H3,(H2,21,22,23);1H. The Bertz CT molecular complexity index is 814. The number of rotatable bonds is 8. The van der Waals surface area contributed by atoms with E-state index in [-0.39, 0.29) is 40.2 Å². The summed E-state index contributed by atoms with van der Waals surface area (Å²) in [4.78, 5) is 4.93. The molecule has 1 aliphatic rings. The average Bonchev–Trinajstić information content (AvgIpc) is 2.72. The smallest absolute Gasteiger partial charge is 0.242 e. The van der Waals surface area contributed by atoms with E-state index in [0.29, 0.717) is 12.3 Å². The first-order chi connectivity index (χ1) is 13.8. The van der Waals surface area contributed by atoms with E-state index in [2.05, 4.69) is 15.6 Å². The van der Waals surface area contributed by atoms with Crippen LogP contribution in [-0.2, 0) is 27.4 Å². The van der Waals surface area contributed by atoms with Crippen molar-refractivity contribution in [2.45, 2.75) is 62.3 Å². The number of hydrogen-bond donors (Lipinski definition) is 2. The number of aliphatic imine (C=N–C) groups is 1. The molecule has 0 bridgehead atoms. The summed E-state index contributed by atoms with van der Waals surface area (Å²) >= 11 is 0. The van der Waals surface area contributed by atoms with Crippen molar-refractivity contribution in [1.29, 1.82) is 0 Å².